The number of ether oxygens (including phenoxy) is 1. The maximum atomic E-state index is 5.50. The van der Waals surface area contributed by atoms with Crippen LogP contribution in [0.5, 0.6) is 5.88 Å². The smallest absolute Gasteiger partial charge is 0.213 e. The maximum absolute atomic E-state index is 5.50. The molecule has 1 aromatic rings. The van der Waals surface area contributed by atoms with E-state index in [1.165, 1.54) is 5.56 Å². The Labute approximate surface area is 91.9 Å². The molecule has 0 bridgehead atoms. The molecule has 1 rings (SSSR count). The molecular weight excluding hydrogens is 188 g/mol. The summed E-state index contributed by atoms with van der Waals surface area (Å²) in [6, 6.07) is 4.30. The van der Waals surface area contributed by atoms with Crippen molar-refractivity contribution in [3.05, 3.63) is 23.9 Å². The van der Waals surface area contributed by atoms with E-state index >= 15 is 0 Å². The first kappa shape index (κ1) is 12.0. The summed E-state index contributed by atoms with van der Waals surface area (Å²) in [7, 11) is 1.94. The van der Waals surface area contributed by atoms with Gasteiger partial charge in [-0.2, -0.15) is 0 Å². The number of hydrogen-bond acceptors (Lipinski definition) is 3. The zero-order valence-corrected chi connectivity index (χ0v) is 9.95. The normalized spacial score (nSPS) is 12.9. The van der Waals surface area contributed by atoms with Gasteiger partial charge in [-0.3, -0.25) is 0 Å². The van der Waals surface area contributed by atoms with Crippen molar-refractivity contribution < 1.29 is 4.74 Å². The molecule has 0 aliphatic rings. The molecule has 3 heteroatoms. The Hall–Kier alpha value is -1.09. The van der Waals surface area contributed by atoms with E-state index in [1.54, 1.807) is 0 Å². The van der Waals surface area contributed by atoms with Crippen LogP contribution in [0, 0.1) is 5.92 Å². The number of nitrogens with zero attached hydrogens (tertiary/aromatic N) is 1. The van der Waals surface area contributed by atoms with Crippen LogP contribution in [0.1, 0.15) is 32.4 Å². The third-order valence-electron chi connectivity index (χ3n) is 2.26. The highest BCUT2D eigenvalue weighted by Crippen LogP contribution is 2.14. The number of rotatable bonds is 5. The molecule has 1 atom stereocenters. The third-order valence-corrected chi connectivity index (χ3v) is 2.26. The maximum Gasteiger partial charge on any atom is 0.213 e. The van der Waals surface area contributed by atoms with Crippen molar-refractivity contribution in [3.8, 4) is 5.88 Å². The summed E-state index contributed by atoms with van der Waals surface area (Å²) in [4.78, 5) is 4.26. The third kappa shape index (κ3) is 3.88. The molecule has 84 valence electrons. The predicted molar refractivity (Wildman–Crippen MR) is 62.0 cm³/mol. The highest BCUT2D eigenvalue weighted by molar-refractivity contribution is 5.20. The summed E-state index contributed by atoms with van der Waals surface area (Å²) in [5.41, 5.74) is 1.18. The summed E-state index contributed by atoms with van der Waals surface area (Å²) in [5, 5.41) is 3.17. The molecule has 0 aliphatic carbocycles. The lowest BCUT2D eigenvalue weighted by Crippen LogP contribution is -2.12. The molecule has 0 radical (unpaired) electrons. The molecule has 3 nitrogen and oxygen atoms in total. The van der Waals surface area contributed by atoms with E-state index in [-0.39, 0.29) is 0 Å². The molecule has 0 amide bonds. The van der Waals surface area contributed by atoms with Gasteiger partial charge in [0.15, 0.2) is 0 Å². The molecule has 1 aromatic heterocycles. The van der Waals surface area contributed by atoms with E-state index in [0.717, 1.165) is 0 Å². The van der Waals surface area contributed by atoms with Crippen LogP contribution in [0.15, 0.2) is 18.3 Å². The molecule has 0 saturated heterocycles. The Morgan fingerprint density at radius 2 is 2.07 bits per heavy atom. The average molecular weight is 208 g/mol. The topological polar surface area (TPSA) is 34.1 Å². The highest BCUT2D eigenvalue weighted by atomic mass is 16.5. The highest BCUT2D eigenvalue weighted by Gasteiger charge is 2.03. The van der Waals surface area contributed by atoms with Gasteiger partial charge >= 0.3 is 0 Å². The lowest BCUT2D eigenvalue weighted by Gasteiger charge is -2.11. The Balaban J connectivity index is 2.56. The van der Waals surface area contributed by atoms with Crippen LogP contribution in [-0.2, 0) is 0 Å². The van der Waals surface area contributed by atoms with Crippen LogP contribution in [0.3, 0.4) is 0 Å². The minimum atomic E-state index is 0.330. The summed E-state index contributed by atoms with van der Waals surface area (Å²) in [6.07, 6.45) is 1.86. The Morgan fingerprint density at radius 1 is 1.33 bits per heavy atom. The van der Waals surface area contributed by atoms with Crippen LogP contribution in [0.2, 0.25) is 0 Å². The van der Waals surface area contributed by atoms with Gasteiger partial charge in [0.05, 0.1) is 6.61 Å². The van der Waals surface area contributed by atoms with Crippen LogP contribution in [0.4, 0.5) is 0 Å². The number of hydrogen-bond donors (Lipinski definition) is 1. The zero-order chi connectivity index (χ0) is 11.3. The fourth-order valence-electron chi connectivity index (χ4n) is 1.15. The molecule has 15 heavy (non-hydrogen) atoms. The standard InChI is InChI=1S/C12H20N2O/c1-9(2)8-15-12-6-5-11(7-14-12)10(3)13-4/h5-7,9-10,13H,8H2,1-4H3. The number of nitrogens with one attached hydrogen (secondary N) is 1. The fraction of sp³-hybridized carbons (Fsp3) is 0.583. The molecule has 0 spiro atoms. The molecule has 1 unspecified atom stereocenters. The zero-order valence-electron chi connectivity index (χ0n) is 9.95. The molecular formula is C12H20N2O. The van der Waals surface area contributed by atoms with Gasteiger partial charge in [0.2, 0.25) is 5.88 Å². The predicted octanol–water partition coefficient (Wildman–Crippen LogP) is 2.40. The van der Waals surface area contributed by atoms with Crippen molar-refractivity contribution in [2.24, 2.45) is 5.92 Å². The SMILES string of the molecule is CNC(C)c1ccc(OCC(C)C)nc1. The van der Waals surface area contributed by atoms with E-state index < -0.39 is 0 Å². The molecule has 1 N–H and O–H groups in total. The molecule has 0 aromatic carbocycles. The second-order valence-electron chi connectivity index (χ2n) is 4.14. The van der Waals surface area contributed by atoms with E-state index in [1.807, 2.05) is 25.4 Å². The van der Waals surface area contributed by atoms with Crippen LogP contribution >= 0.6 is 0 Å². The average Bonchev–Trinajstić information content (AvgIpc) is 2.26. The van der Waals surface area contributed by atoms with Crippen molar-refractivity contribution in [2.45, 2.75) is 26.8 Å². The largest absolute Gasteiger partial charge is 0.477 e. The Bertz CT molecular complexity index is 282. The summed E-state index contributed by atoms with van der Waals surface area (Å²) < 4.78 is 5.50. The summed E-state index contributed by atoms with van der Waals surface area (Å²) >= 11 is 0. The van der Waals surface area contributed by atoms with Gasteiger partial charge in [0.1, 0.15) is 0 Å². The van der Waals surface area contributed by atoms with Crippen LogP contribution < -0.4 is 10.1 Å². The summed E-state index contributed by atoms with van der Waals surface area (Å²) in [5.74, 6) is 1.23. The minimum Gasteiger partial charge on any atom is -0.477 e. The van der Waals surface area contributed by atoms with Gasteiger partial charge in [-0.15, -0.1) is 0 Å². The summed E-state index contributed by atoms with van der Waals surface area (Å²) in [6.45, 7) is 7.06. The first-order valence-electron chi connectivity index (χ1n) is 5.39. The first-order valence-corrected chi connectivity index (χ1v) is 5.39. The van der Waals surface area contributed by atoms with E-state index in [9.17, 15) is 0 Å². The fourth-order valence-corrected chi connectivity index (χ4v) is 1.15. The van der Waals surface area contributed by atoms with Gasteiger partial charge in [-0.25, -0.2) is 4.98 Å². The second kappa shape index (κ2) is 5.71. The second-order valence-corrected chi connectivity index (χ2v) is 4.14. The monoisotopic (exact) mass is 208 g/mol. The van der Waals surface area contributed by atoms with E-state index in [4.69, 9.17) is 4.74 Å². The quantitative estimate of drug-likeness (QED) is 0.806. The van der Waals surface area contributed by atoms with Crippen LogP contribution in [0.25, 0.3) is 0 Å². The van der Waals surface area contributed by atoms with Crippen molar-refractivity contribution in [1.82, 2.24) is 10.3 Å². The Kier molecular flexibility index (Phi) is 4.56. The Morgan fingerprint density at radius 3 is 2.53 bits per heavy atom. The minimum absolute atomic E-state index is 0.330. The van der Waals surface area contributed by atoms with E-state index in [2.05, 4.69) is 31.1 Å². The van der Waals surface area contributed by atoms with Crippen molar-refractivity contribution >= 4 is 0 Å². The van der Waals surface area contributed by atoms with Crippen LogP contribution in [-0.4, -0.2) is 18.6 Å². The van der Waals surface area contributed by atoms with Gasteiger partial charge in [0, 0.05) is 18.3 Å². The molecule has 1 heterocycles. The van der Waals surface area contributed by atoms with Gasteiger partial charge in [-0.1, -0.05) is 19.9 Å². The lowest BCUT2D eigenvalue weighted by atomic mass is 10.1. The molecule has 0 saturated carbocycles. The van der Waals surface area contributed by atoms with Crippen molar-refractivity contribution in [3.63, 3.8) is 0 Å². The van der Waals surface area contributed by atoms with Crippen molar-refractivity contribution in [2.75, 3.05) is 13.7 Å². The van der Waals surface area contributed by atoms with Gasteiger partial charge in [0.25, 0.3) is 0 Å². The lowest BCUT2D eigenvalue weighted by molar-refractivity contribution is 0.261. The van der Waals surface area contributed by atoms with Gasteiger partial charge in [-0.05, 0) is 25.5 Å². The number of aromatic nitrogens is 1. The molecule has 0 fully saturated rings. The first-order chi connectivity index (χ1) is 7.13. The number of pyridine rings is 1. The van der Waals surface area contributed by atoms with Gasteiger partial charge < -0.3 is 10.1 Å². The molecule has 0 aliphatic heterocycles. The van der Waals surface area contributed by atoms with E-state index in [0.29, 0.717) is 24.4 Å². The van der Waals surface area contributed by atoms with Crippen molar-refractivity contribution in [1.29, 1.82) is 0 Å².